The van der Waals surface area contributed by atoms with Gasteiger partial charge in [0.25, 0.3) is 0 Å². The average molecular weight is 467 g/mol. The second kappa shape index (κ2) is 10.0. The second-order valence-corrected chi connectivity index (χ2v) is 9.97. The van der Waals surface area contributed by atoms with Crippen LogP contribution >= 0.6 is 11.8 Å². The number of aromatic nitrogens is 1. The molecule has 0 spiro atoms. The Hall–Kier alpha value is -2.77. The lowest BCUT2D eigenvalue weighted by atomic mass is 10.1. The molecule has 2 heterocycles. The van der Waals surface area contributed by atoms with Crippen molar-refractivity contribution in [2.24, 2.45) is 5.92 Å². The quantitative estimate of drug-likeness (QED) is 0.468. The van der Waals surface area contributed by atoms with Gasteiger partial charge in [0.1, 0.15) is 29.9 Å². The lowest BCUT2D eigenvalue weighted by Crippen LogP contribution is -2.42. The van der Waals surface area contributed by atoms with Crippen LogP contribution in [-0.4, -0.2) is 38.1 Å². The van der Waals surface area contributed by atoms with E-state index in [9.17, 15) is 9.90 Å². The van der Waals surface area contributed by atoms with Crippen LogP contribution < -0.4 is 4.74 Å². The Morgan fingerprint density at radius 1 is 1.24 bits per heavy atom. The third-order valence-corrected chi connectivity index (χ3v) is 7.50. The molecular formula is C26H30N2O4S. The Bertz CT molecular complexity index is 1110. The van der Waals surface area contributed by atoms with Crippen LogP contribution in [0, 0.1) is 19.8 Å². The van der Waals surface area contributed by atoms with E-state index < -0.39 is 12.0 Å². The smallest absolute Gasteiger partial charge is 0.321 e. The fraction of sp³-hybridized carbons (Fsp3) is 0.385. The van der Waals surface area contributed by atoms with Crippen molar-refractivity contribution in [3.63, 3.8) is 0 Å². The minimum atomic E-state index is -0.760. The molecule has 1 aromatic heterocycles. The van der Waals surface area contributed by atoms with Gasteiger partial charge in [-0.3, -0.25) is 9.69 Å². The minimum Gasteiger partial charge on any atom is -0.487 e. The van der Waals surface area contributed by atoms with E-state index in [0.29, 0.717) is 30.7 Å². The minimum absolute atomic E-state index is 0.189. The summed E-state index contributed by atoms with van der Waals surface area (Å²) in [4.78, 5) is 18.5. The first-order valence-corrected chi connectivity index (χ1v) is 12.2. The van der Waals surface area contributed by atoms with Crippen molar-refractivity contribution in [3.8, 4) is 17.2 Å². The second-order valence-electron chi connectivity index (χ2n) is 8.82. The van der Waals surface area contributed by atoms with Crippen LogP contribution in [0.4, 0.5) is 0 Å². The molecule has 1 aliphatic heterocycles. The predicted octanol–water partition coefficient (Wildman–Crippen LogP) is 5.52. The van der Waals surface area contributed by atoms with Gasteiger partial charge in [0.2, 0.25) is 5.89 Å². The molecule has 1 N–H and O–H groups in total. The summed E-state index contributed by atoms with van der Waals surface area (Å²) in [6.07, 6.45) is 0. The molecule has 7 heteroatoms. The van der Waals surface area contributed by atoms with Gasteiger partial charge in [-0.1, -0.05) is 43.7 Å². The standard InChI is InChI=1S/C26H30N2O4S/c1-16(2)25-28(23(15-33-25)26(29)30)13-19-6-5-7-21(12-19)31-14-22-18(4)32-24(27-22)20-10-8-17(3)9-11-20/h5-12,16,23,25H,13-15H2,1-4H3,(H,29,30). The Morgan fingerprint density at radius 3 is 2.70 bits per heavy atom. The molecular weight excluding hydrogens is 436 g/mol. The fourth-order valence-electron chi connectivity index (χ4n) is 4.02. The first-order chi connectivity index (χ1) is 15.8. The van der Waals surface area contributed by atoms with Crippen molar-refractivity contribution in [2.75, 3.05) is 5.75 Å². The molecule has 4 rings (SSSR count). The average Bonchev–Trinajstić information content (AvgIpc) is 3.37. The van der Waals surface area contributed by atoms with Crippen LogP contribution in [0.2, 0.25) is 0 Å². The van der Waals surface area contributed by atoms with E-state index in [1.54, 1.807) is 11.8 Å². The molecule has 1 aliphatic rings. The highest BCUT2D eigenvalue weighted by Crippen LogP contribution is 2.35. The fourth-order valence-corrected chi connectivity index (χ4v) is 5.54. The number of oxazole rings is 1. The zero-order valence-corrected chi connectivity index (χ0v) is 20.3. The first-order valence-electron chi connectivity index (χ1n) is 11.2. The maximum Gasteiger partial charge on any atom is 0.321 e. The number of ether oxygens (including phenoxy) is 1. The monoisotopic (exact) mass is 466 g/mol. The van der Waals surface area contributed by atoms with Gasteiger partial charge in [-0.05, 0) is 49.6 Å². The van der Waals surface area contributed by atoms with Crippen molar-refractivity contribution < 1.29 is 19.1 Å². The zero-order valence-electron chi connectivity index (χ0n) is 19.4. The van der Waals surface area contributed by atoms with Crippen LogP contribution in [0.3, 0.4) is 0 Å². The summed E-state index contributed by atoms with van der Waals surface area (Å²) in [5.74, 6) is 2.28. The number of benzene rings is 2. The molecule has 6 nitrogen and oxygen atoms in total. The SMILES string of the molecule is Cc1ccc(-c2nc(COc3cccc(CN4C(C(=O)O)CSC4C(C)C)c3)c(C)o2)cc1. The zero-order chi connectivity index (χ0) is 23.5. The molecule has 0 bridgehead atoms. The molecule has 0 aliphatic carbocycles. The number of carbonyl (C=O) groups is 1. The van der Waals surface area contributed by atoms with Crippen LogP contribution in [-0.2, 0) is 17.9 Å². The molecule has 3 aromatic rings. The molecule has 33 heavy (non-hydrogen) atoms. The third-order valence-electron chi connectivity index (χ3n) is 5.84. The van der Waals surface area contributed by atoms with Crippen molar-refractivity contribution in [3.05, 3.63) is 71.1 Å². The van der Waals surface area contributed by atoms with E-state index >= 15 is 0 Å². The lowest BCUT2D eigenvalue weighted by molar-refractivity contribution is -0.142. The third kappa shape index (κ3) is 5.42. The molecule has 174 valence electrons. The van der Waals surface area contributed by atoms with Gasteiger partial charge in [-0.15, -0.1) is 11.8 Å². The summed E-state index contributed by atoms with van der Waals surface area (Å²) in [5.41, 5.74) is 3.92. The van der Waals surface area contributed by atoms with E-state index in [-0.39, 0.29) is 5.37 Å². The molecule has 1 saturated heterocycles. The summed E-state index contributed by atoms with van der Waals surface area (Å²) >= 11 is 1.72. The van der Waals surface area contributed by atoms with Crippen LogP contribution in [0.5, 0.6) is 5.75 Å². The number of nitrogens with zero attached hydrogens (tertiary/aromatic N) is 2. The Morgan fingerprint density at radius 2 is 2.00 bits per heavy atom. The molecule has 0 amide bonds. The topological polar surface area (TPSA) is 75.8 Å². The van der Waals surface area contributed by atoms with Gasteiger partial charge >= 0.3 is 5.97 Å². The van der Waals surface area contributed by atoms with Crippen molar-refractivity contribution >= 4 is 17.7 Å². The van der Waals surface area contributed by atoms with E-state index in [4.69, 9.17) is 9.15 Å². The highest BCUT2D eigenvalue weighted by atomic mass is 32.2. The number of aryl methyl sites for hydroxylation is 2. The maximum absolute atomic E-state index is 11.8. The van der Waals surface area contributed by atoms with E-state index in [0.717, 1.165) is 28.3 Å². The number of thioether (sulfide) groups is 1. The summed E-state index contributed by atoms with van der Waals surface area (Å²) in [6.45, 7) is 9.09. The Kier molecular flexibility index (Phi) is 7.10. The Labute approximate surface area is 199 Å². The van der Waals surface area contributed by atoms with E-state index in [1.807, 2.05) is 62.4 Å². The van der Waals surface area contributed by atoms with Gasteiger partial charge in [0.05, 0.1) is 5.37 Å². The van der Waals surface area contributed by atoms with Crippen LogP contribution in [0.25, 0.3) is 11.5 Å². The predicted molar refractivity (Wildman–Crippen MR) is 130 cm³/mol. The summed E-state index contributed by atoms with van der Waals surface area (Å²) in [5, 5.41) is 9.84. The van der Waals surface area contributed by atoms with E-state index in [2.05, 4.69) is 23.7 Å². The first kappa shape index (κ1) is 23.4. The largest absolute Gasteiger partial charge is 0.487 e. The van der Waals surface area contributed by atoms with Crippen molar-refractivity contribution in [2.45, 2.75) is 52.3 Å². The number of rotatable bonds is 8. The van der Waals surface area contributed by atoms with Gasteiger partial charge < -0.3 is 14.3 Å². The summed E-state index contributed by atoms with van der Waals surface area (Å²) < 4.78 is 11.9. The summed E-state index contributed by atoms with van der Waals surface area (Å²) in [6, 6.07) is 15.5. The number of hydrogen-bond acceptors (Lipinski definition) is 6. The highest BCUT2D eigenvalue weighted by molar-refractivity contribution is 8.00. The van der Waals surface area contributed by atoms with Gasteiger partial charge in [-0.25, -0.2) is 4.98 Å². The van der Waals surface area contributed by atoms with Gasteiger partial charge in [0, 0.05) is 17.9 Å². The normalized spacial score (nSPS) is 18.7. The van der Waals surface area contributed by atoms with Crippen molar-refractivity contribution in [1.82, 2.24) is 9.88 Å². The van der Waals surface area contributed by atoms with Gasteiger partial charge in [-0.2, -0.15) is 0 Å². The van der Waals surface area contributed by atoms with Crippen LogP contribution in [0.15, 0.2) is 52.9 Å². The highest BCUT2D eigenvalue weighted by Gasteiger charge is 2.39. The number of hydrogen-bond donors (Lipinski definition) is 1. The maximum atomic E-state index is 11.8. The molecule has 2 aromatic carbocycles. The molecule has 2 atom stereocenters. The molecule has 2 unspecified atom stereocenters. The summed E-state index contributed by atoms with van der Waals surface area (Å²) in [7, 11) is 0. The van der Waals surface area contributed by atoms with E-state index in [1.165, 1.54) is 5.56 Å². The molecule has 0 radical (unpaired) electrons. The molecule has 0 saturated carbocycles. The number of carboxylic acids is 1. The lowest BCUT2D eigenvalue weighted by Gasteiger charge is -2.29. The van der Waals surface area contributed by atoms with Crippen molar-refractivity contribution in [1.29, 1.82) is 0 Å². The van der Waals surface area contributed by atoms with Crippen LogP contribution in [0.1, 0.15) is 36.4 Å². The molecule has 1 fully saturated rings. The number of carboxylic acid groups (broad SMARTS) is 1. The number of aliphatic carboxylic acids is 1. The Balaban J connectivity index is 1.44. The van der Waals surface area contributed by atoms with Gasteiger partial charge in [0.15, 0.2) is 0 Å².